The predicted octanol–water partition coefficient (Wildman–Crippen LogP) is 1.92. The van der Waals surface area contributed by atoms with E-state index in [2.05, 4.69) is 4.98 Å². The molecule has 0 saturated carbocycles. The van der Waals surface area contributed by atoms with Crippen LogP contribution in [0.4, 0.5) is 11.5 Å². The normalized spacial score (nSPS) is 11.9. The highest BCUT2D eigenvalue weighted by Gasteiger charge is 2.23. The molecule has 1 N–H and O–H groups in total. The summed E-state index contributed by atoms with van der Waals surface area (Å²) in [6, 6.07) is 1.11. The molecule has 18 heavy (non-hydrogen) atoms. The van der Waals surface area contributed by atoms with Gasteiger partial charge in [-0.3, -0.25) is 10.1 Å². The van der Waals surface area contributed by atoms with Gasteiger partial charge < -0.3 is 10.0 Å². The van der Waals surface area contributed by atoms with Crippen LogP contribution in [0, 0.1) is 10.1 Å². The lowest BCUT2D eigenvalue weighted by Crippen LogP contribution is -2.29. The minimum atomic E-state index is -1.23. The fraction of sp³-hybridized carbons (Fsp3) is 0.455. The van der Waals surface area contributed by atoms with Crippen LogP contribution in [0.3, 0.4) is 0 Å². The van der Waals surface area contributed by atoms with Crippen molar-refractivity contribution in [3.63, 3.8) is 0 Å². The molecule has 0 aliphatic carbocycles. The van der Waals surface area contributed by atoms with E-state index in [0.717, 1.165) is 18.7 Å². The van der Waals surface area contributed by atoms with Crippen LogP contribution in [-0.4, -0.2) is 34.1 Å². The molecule has 0 saturated heterocycles. The third-order valence-corrected chi connectivity index (χ3v) is 2.88. The summed E-state index contributed by atoms with van der Waals surface area (Å²) in [7, 11) is 1.70. The lowest BCUT2D eigenvalue weighted by molar-refractivity contribution is -0.384. The zero-order valence-corrected chi connectivity index (χ0v) is 10.5. The Hall–Kier alpha value is -2.18. The maximum Gasteiger partial charge on any atom is 0.337 e. The molecule has 0 spiro atoms. The highest BCUT2D eigenvalue weighted by molar-refractivity contribution is 5.88. The minimum Gasteiger partial charge on any atom is -0.478 e. The number of hydrogen-bond acceptors (Lipinski definition) is 5. The quantitative estimate of drug-likeness (QED) is 0.636. The number of rotatable bonds is 5. The number of nitrogens with zero attached hydrogens (tertiary/aromatic N) is 3. The molecule has 0 fully saturated rings. The van der Waals surface area contributed by atoms with Gasteiger partial charge in [-0.05, 0) is 13.3 Å². The molecule has 1 unspecified atom stereocenters. The molecule has 0 aromatic carbocycles. The molecule has 1 rings (SSSR count). The first kappa shape index (κ1) is 13.9. The molecule has 1 heterocycles. The maximum absolute atomic E-state index is 11.0. The Labute approximate surface area is 104 Å². The minimum absolute atomic E-state index is 0.0758. The van der Waals surface area contributed by atoms with Crippen molar-refractivity contribution in [1.82, 2.24) is 4.98 Å². The standard InChI is InChI=1S/C11H15N3O4/c1-4-7(2)13(3)10-9(14(17)18)5-8(6-12-10)11(15)16/h5-7H,4H2,1-3H3,(H,15,16). The summed E-state index contributed by atoms with van der Waals surface area (Å²) < 4.78 is 0. The van der Waals surface area contributed by atoms with Gasteiger partial charge in [-0.25, -0.2) is 9.78 Å². The summed E-state index contributed by atoms with van der Waals surface area (Å²) in [5.41, 5.74) is -0.485. The van der Waals surface area contributed by atoms with Crippen molar-refractivity contribution in [2.75, 3.05) is 11.9 Å². The molecule has 0 aliphatic rings. The van der Waals surface area contributed by atoms with Crippen LogP contribution in [0.5, 0.6) is 0 Å². The van der Waals surface area contributed by atoms with Gasteiger partial charge in [0.15, 0.2) is 0 Å². The molecule has 1 atom stereocenters. The third-order valence-electron chi connectivity index (χ3n) is 2.88. The van der Waals surface area contributed by atoms with Crippen molar-refractivity contribution in [2.45, 2.75) is 26.3 Å². The lowest BCUT2D eigenvalue weighted by atomic mass is 10.2. The molecular weight excluding hydrogens is 238 g/mol. The van der Waals surface area contributed by atoms with Gasteiger partial charge in [0.25, 0.3) is 0 Å². The number of aromatic carboxylic acids is 1. The number of carboxylic acid groups (broad SMARTS) is 1. The van der Waals surface area contributed by atoms with E-state index in [9.17, 15) is 14.9 Å². The summed E-state index contributed by atoms with van der Waals surface area (Å²) in [4.78, 5) is 26.7. The maximum atomic E-state index is 11.0. The summed E-state index contributed by atoms with van der Waals surface area (Å²) >= 11 is 0. The zero-order valence-electron chi connectivity index (χ0n) is 10.5. The van der Waals surface area contributed by atoms with Crippen LogP contribution in [0.25, 0.3) is 0 Å². The number of carboxylic acids is 1. The van der Waals surface area contributed by atoms with E-state index < -0.39 is 10.9 Å². The third kappa shape index (κ3) is 2.73. The van der Waals surface area contributed by atoms with Crippen LogP contribution < -0.4 is 4.90 Å². The van der Waals surface area contributed by atoms with Crippen LogP contribution in [-0.2, 0) is 0 Å². The van der Waals surface area contributed by atoms with Crippen molar-refractivity contribution in [1.29, 1.82) is 0 Å². The number of aromatic nitrogens is 1. The van der Waals surface area contributed by atoms with Crippen molar-refractivity contribution in [3.05, 3.63) is 27.9 Å². The first-order valence-electron chi connectivity index (χ1n) is 5.49. The van der Waals surface area contributed by atoms with Crippen LogP contribution in [0.15, 0.2) is 12.3 Å². The summed E-state index contributed by atoms with van der Waals surface area (Å²) in [5.74, 6) is -1.05. The van der Waals surface area contributed by atoms with Crippen molar-refractivity contribution >= 4 is 17.5 Å². The second-order valence-corrected chi connectivity index (χ2v) is 4.00. The Bertz CT molecular complexity index is 475. The topological polar surface area (TPSA) is 96.6 Å². The van der Waals surface area contributed by atoms with Gasteiger partial charge in [-0.1, -0.05) is 6.92 Å². The smallest absolute Gasteiger partial charge is 0.337 e. The predicted molar refractivity (Wildman–Crippen MR) is 66.0 cm³/mol. The van der Waals surface area contributed by atoms with E-state index in [1.165, 1.54) is 0 Å². The monoisotopic (exact) mass is 253 g/mol. The second kappa shape index (κ2) is 5.44. The highest BCUT2D eigenvalue weighted by Crippen LogP contribution is 2.27. The van der Waals surface area contributed by atoms with Gasteiger partial charge in [0.2, 0.25) is 5.82 Å². The fourth-order valence-electron chi connectivity index (χ4n) is 1.45. The molecule has 0 aliphatic heterocycles. The van der Waals surface area contributed by atoms with Gasteiger partial charge >= 0.3 is 11.7 Å². The van der Waals surface area contributed by atoms with Gasteiger partial charge in [0, 0.05) is 25.4 Å². The molecule has 98 valence electrons. The molecule has 7 nitrogen and oxygen atoms in total. The van der Waals surface area contributed by atoms with Crippen molar-refractivity contribution in [2.24, 2.45) is 0 Å². The SMILES string of the molecule is CCC(C)N(C)c1ncc(C(=O)O)cc1[N+](=O)[O-]. The van der Waals surface area contributed by atoms with Gasteiger partial charge in [0.05, 0.1) is 10.5 Å². The lowest BCUT2D eigenvalue weighted by Gasteiger charge is -2.24. The zero-order chi connectivity index (χ0) is 13.9. The summed E-state index contributed by atoms with van der Waals surface area (Å²) in [6.45, 7) is 3.87. The Morgan fingerprint density at radius 1 is 1.67 bits per heavy atom. The number of anilines is 1. The Balaban J connectivity index is 3.27. The second-order valence-electron chi connectivity index (χ2n) is 4.00. The van der Waals surface area contributed by atoms with E-state index in [1.807, 2.05) is 13.8 Å². The number of hydrogen-bond donors (Lipinski definition) is 1. The Morgan fingerprint density at radius 3 is 2.72 bits per heavy atom. The summed E-state index contributed by atoms with van der Waals surface area (Å²) in [5, 5.41) is 19.8. The van der Waals surface area contributed by atoms with E-state index >= 15 is 0 Å². The Morgan fingerprint density at radius 2 is 2.28 bits per heavy atom. The first-order chi connectivity index (χ1) is 8.38. The van der Waals surface area contributed by atoms with Crippen LogP contribution in [0.1, 0.15) is 30.6 Å². The largest absolute Gasteiger partial charge is 0.478 e. The highest BCUT2D eigenvalue weighted by atomic mass is 16.6. The summed E-state index contributed by atoms with van der Waals surface area (Å²) in [6.07, 6.45) is 1.93. The van der Waals surface area contributed by atoms with Gasteiger partial charge in [-0.15, -0.1) is 0 Å². The van der Waals surface area contributed by atoms with E-state index in [-0.39, 0.29) is 23.1 Å². The first-order valence-corrected chi connectivity index (χ1v) is 5.49. The number of nitro groups is 1. The number of carbonyl (C=O) groups is 1. The molecule has 7 heteroatoms. The van der Waals surface area contributed by atoms with E-state index in [0.29, 0.717) is 0 Å². The fourth-order valence-corrected chi connectivity index (χ4v) is 1.45. The number of pyridine rings is 1. The molecule has 1 aromatic heterocycles. The van der Waals surface area contributed by atoms with E-state index in [4.69, 9.17) is 5.11 Å². The van der Waals surface area contributed by atoms with Gasteiger partial charge in [-0.2, -0.15) is 0 Å². The molecule has 1 aromatic rings. The van der Waals surface area contributed by atoms with Crippen molar-refractivity contribution < 1.29 is 14.8 Å². The van der Waals surface area contributed by atoms with Gasteiger partial charge in [0.1, 0.15) is 0 Å². The average Bonchev–Trinajstić information content (AvgIpc) is 2.35. The van der Waals surface area contributed by atoms with E-state index in [1.54, 1.807) is 11.9 Å². The molecule has 0 radical (unpaired) electrons. The molecule has 0 amide bonds. The Kier molecular flexibility index (Phi) is 4.19. The van der Waals surface area contributed by atoms with Crippen LogP contribution >= 0.6 is 0 Å². The van der Waals surface area contributed by atoms with Crippen molar-refractivity contribution in [3.8, 4) is 0 Å². The van der Waals surface area contributed by atoms with Crippen LogP contribution in [0.2, 0.25) is 0 Å². The molecule has 0 bridgehead atoms. The molecular formula is C11H15N3O4. The average molecular weight is 253 g/mol.